The molecule has 0 radical (unpaired) electrons. The van der Waals surface area contributed by atoms with Crippen LogP contribution in [0.5, 0.6) is 0 Å². The first-order chi connectivity index (χ1) is 8.43. The maximum Gasteiger partial charge on any atom is 0.255 e. The van der Waals surface area contributed by atoms with Crippen LogP contribution in [0.15, 0.2) is 30.3 Å². The van der Waals surface area contributed by atoms with Crippen LogP contribution in [-0.2, 0) is 9.59 Å². The van der Waals surface area contributed by atoms with Crippen LogP contribution in [0.1, 0.15) is 24.2 Å². The Labute approximate surface area is 105 Å². The Morgan fingerprint density at radius 1 is 1.22 bits per heavy atom. The van der Waals surface area contributed by atoms with Crippen molar-refractivity contribution in [2.24, 2.45) is 0 Å². The molecule has 94 valence electrons. The summed E-state index contributed by atoms with van der Waals surface area (Å²) >= 11 is 0. The molecule has 2 rings (SSSR count). The topological polar surface area (TPSA) is 66.5 Å². The first-order valence-electron chi connectivity index (χ1n) is 5.64. The van der Waals surface area contributed by atoms with E-state index >= 15 is 0 Å². The summed E-state index contributed by atoms with van der Waals surface area (Å²) in [6.45, 7) is 3.14. The molecule has 0 spiro atoms. The van der Waals surface area contributed by atoms with Crippen LogP contribution in [0.2, 0.25) is 0 Å². The Morgan fingerprint density at radius 2 is 1.83 bits per heavy atom. The summed E-state index contributed by atoms with van der Waals surface area (Å²) in [5.74, 6) is -1.23. The predicted molar refractivity (Wildman–Crippen MR) is 64.7 cm³/mol. The van der Waals surface area contributed by atoms with E-state index < -0.39 is 17.4 Å². The second kappa shape index (κ2) is 4.25. The molecule has 1 fully saturated rings. The highest BCUT2D eigenvalue weighted by Gasteiger charge is 2.43. The molecule has 3 amide bonds. The molecule has 1 heterocycles. The fraction of sp³-hybridized carbons (Fsp3) is 0.308. The number of carbonyl (C=O) groups is 3. The second-order valence-electron chi connectivity index (χ2n) is 4.69. The number of carbonyl (C=O) groups excluding carboxylic acids is 3. The van der Waals surface area contributed by atoms with Crippen molar-refractivity contribution in [2.75, 3.05) is 6.54 Å². The van der Waals surface area contributed by atoms with Gasteiger partial charge < -0.3 is 4.90 Å². The van der Waals surface area contributed by atoms with Gasteiger partial charge in [0.25, 0.3) is 11.8 Å². The Bertz CT molecular complexity index is 508. The summed E-state index contributed by atoms with van der Waals surface area (Å²) in [4.78, 5) is 36.7. The first kappa shape index (κ1) is 12.3. The van der Waals surface area contributed by atoms with E-state index in [1.165, 1.54) is 4.90 Å². The molecule has 1 aliphatic heterocycles. The van der Waals surface area contributed by atoms with Gasteiger partial charge in [0.1, 0.15) is 12.1 Å². The lowest BCUT2D eigenvalue weighted by atomic mass is 9.97. The van der Waals surface area contributed by atoms with Gasteiger partial charge in [0.15, 0.2) is 0 Å². The lowest BCUT2D eigenvalue weighted by molar-refractivity contribution is -0.143. The van der Waals surface area contributed by atoms with E-state index in [4.69, 9.17) is 0 Å². The van der Waals surface area contributed by atoms with Gasteiger partial charge in [-0.2, -0.15) is 0 Å². The number of hydrogen-bond acceptors (Lipinski definition) is 3. The number of piperazine rings is 1. The summed E-state index contributed by atoms with van der Waals surface area (Å²) in [6, 6.07) is 8.61. The van der Waals surface area contributed by atoms with Gasteiger partial charge in [-0.1, -0.05) is 18.2 Å². The molecule has 0 aromatic heterocycles. The Morgan fingerprint density at radius 3 is 2.44 bits per heavy atom. The monoisotopic (exact) mass is 246 g/mol. The third-order valence-corrected chi connectivity index (χ3v) is 3.05. The van der Waals surface area contributed by atoms with Crippen molar-refractivity contribution in [3.05, 3.63) is 35.9 Å². The van der Waals surface area contributed by atoms with Gasteiger partial charge in [0.05, 0.1) is 0 Å². The van der Waals surface area contributed by atoms with Crippen molar-refractivity contribution >= 4 is 17.7 Å². The van der Waals surface area contributed by atoms with E-state index in [2.05, 4.69) is 5.32 Å². The molecule has 1 N–H and O–H groups in total. The van der Waals surface area contributed by atoms with Crippen LogP contribution in [0.3, 0.4) is 0 Å². The lowest BCUT2D eigenvalue weighted by Crippen LogP contribution is -2.65. The summed E-state index contributed by atoms with van der Waals surface area (Å²) < 4.78 is 0. The summed E-state index contributed by atoms with van der Waals surface area (Å²) in [5, 5.41) is 2.23. The standard InChI is InChI=1S/C13H14N2O3/c1-13(2)12(18)14-10(16)8-15(13)11(17)9-6-4-3-5-7-9/h3-7H,8H2,1-2H3,(H,14,16,18). The summed E-state index contributed by atoms with van der Waals surface area (Å²) in [7, 11) is 0. The molecule has 1 aliphatic rings. The molecule has 0 bridgehead atoms. The van der Waals surface area contributed by atoms with Gasteiger partial charge in [0.2, 0.25) is 5.91 Å². The molecule has 0 atom stereocenters. The fourth-order valence-electron chi connectivity index (χ4n) is 1.85. The molecule has 1 saturated heterocycles. The Hall–Kier alpha value is -2.17. The molecule has 0 unspecified atom stereocenters. The van der Waals surface area contributed by atoms with Gasteiger partial charge in [-0.25, -0.2) is 0 Å². The molecule has 18 heavy (non-hydrogen) atoms. The normalized spacial score (nSPS) is 18.4. The minimum Gasteiger partial charge on any atom is -0.315 e. The van der Waals surface area contributed by atoms with Crippen molar-refractivity contribution in [2.45, 2.75) is 19.4 Å². The molecular weight excluding hydrogens is 232 g/mol. The largest absolute Gasteiger partial charge is 0.315 e. The summed E-state index contributed by atoms with van der Waals surface area (Å²) in [6.07, 6.45) is 0. The van der Waals surface area contributed by atoms with Gasteiger partial charge in [-0.3, -0.25) is 19.7 Å². The minimum atomic E-state index is -1.03. The van der Waals surface area contributed by atoms with Crippen LogP contribution in [-0.4, -0.2) is 34.7 Å². The maximum absolute atomic E-state index is 12.3. The number of imide groups is 1. The minimum absolute atomic E-state index is 0.105. The van der Waals surface area contributed by atoms with Crippen molar-refractivity contribution in [3.63, 3.8) is 0 Å². The number of rotatable bonds is 1. The molecule has 0 aliphatic carbocycles. The average Bonchev–Trinajstić information content (AvgIpc) is 2.34. The Balaban J connectivity index is 2.34. The van der Waals surface area contributed by atoms with E-state index in [0.717, 1.165) is 0 Å². The third kappa shape index (κ3) is 1.99. The zero-order valence-electron chi connectivity index (χ0n) is 10.3. The van der Waals surface area contributed by atoms with E-state index in [9.17, 15) is 14.4 Å². The van der Waals surface area contributed by atoms with Gasteiger partial charge in [0, 0.05) is 5.56 Å². The van der Waals surface area contributed by atoms with Crippen LogP contribution >= 0.6 is 0 Å². The van der Waals surface area contributed by atoms with E-state index in [-0.39, 0.29) is 12.5 Å². The second-order valence-corrected chi connectivity index (χ2v) is 4.69. The van der Waals surface area contributed by atoms with E-state index in [1.54, 1.807) is 44.2 Å². The molecule has 1 aromatic carbocycles. The molecular formula is C13H14N2O3. The smallest absolute Gasteiger partial charge is 0.255 e. The van der Waals surface area contributed by atoms with Crippen molar-refractivity contribution in [1.82, 2.24) is 10.2 Å². The zero-order valence-corrected chi connectivity index (χ0v) is 10.3. The highest BCUT2D eigenvalue weighted by molar-refractivity contribution is 6.08. The first-order valence-corrected chi connectivity index (χ1v) is 5.64. The molecule has 5 heteroatoms. The number of nitrogens with zero attached hydrogens (tertiary/aromatic N) is 1. The van der Waals surface area contributed by atoms with Crippen LogP contribution in [0.25, 0.3) is 0 Å². The quantitative estimate of drug-likeness (QED) is 0.736. The van der Waals surface area contributed by atoms with Gasteiger partial charge in [-0.05, 0) is 26.0 Å². The molecule has 0 saturated carbocycles. The third-order valence-electron chi connectivity index (χ3n) is 3.05. The highest BCUT2D eigenvalue weighted by Crippen LogP contribution is 2.20. The van der Waals surface area contributed by atoms with Crippen LogP contribution < -0.4 is 5.32 Å². The Kier molecular flexibility index (Phi) is 2.90. The summed E-state index contributed by atoms with van der Waals surface area (Å²) in [5.41, 5.74) is -0.561. The van der Waals surface area contributed by atoms with Gasteiger partial charge >= 0.3 is 0 Å². The molecule has 1 aromatic rings. The highest BCUT2D eigenvalue weighted by atomic mass is 16.2. The van der Waals surface area contributed by atoms with Crippen molar-refractivity contribution < 1.29 is 14.4 Å². The predicted octanol–water partition coefficient (Wildman–Crippen LogP) is 0.564. The van der Waals surface area contributed by atoms with Gasteiger partial charge in [-0.15, -0.1) is 0 Å². The van der Waals surface area contributed by atoms with Crippen molar-refractivity contribution in [1.29, 1.82) is 0 Å². The number of amides is 3. The SMILES string of the molecule is CC1(C)C(=O)NC(=O)CN1C(=O)c1ccccc1. The number of benzene rings is 1. The van der Waals surface area contributed by atoms with Crippen molar-refractivity contribution in [3.8, 4) is 0 Å². The van der Waals surface area contributed by atoms with Crippen LogP contribution in [0, 0.1) is 0 Å². The number of nitrogens with one attached hydrogen (secondary N) is 1. The average molecular weight is 246 g/mol. The van der Waals surface area contributed by atoms with Crippen LogP contribution in [0.4, 0.5) is 0 Å². The lowest BCUT2D eigenvalue weighted by Gasteiger charge is -2.40. The van der Waals surface area contributed by atoms with E-state index in [0.29, 0.717) is 5.56 Å². The molecule has 5 nitrogen and oxygen atoms in total. The maximum atomic E-state index is 12.3. The number of hydrogen-bond donors (Lipinski definition) is 1. The zero-order chi connectivity index (χ0) is 13.3. The van der Waals surface area contributed by atoms with E-state index in [1.807, 2.05) is 0 Å². The fourth-order valence-corrected chi connectivity index (χ4v) is 1.85.